The van der Waals surface area contributed by atoms with E-state index in [9.17, 15) is 9.50 Å². The molecule has 2 unspecified atom stereocenters. The van der Waals surface area contributed by atoms with Crippen molar-refractivity contribution in [3.8, 4) is 0 Å². The van der Waals surface area contributed by atoms with Crippen LogP contribution < -0.4 is 0 Å². The van der Waals surface area contributed by atoms with Crippen molar-refractivity contribution in [2.24, 2.45) is 0 Å². The van der Waals surface area contributed by atoms with Crippen LogP contribution in [-0.4, -0.2) is 44.4 Å². The van der Waals surface area contributed by atoms with E-state index in [-0.39, 0.29) is 5.82 Å². The van der Waals surface area contributed by atoms with E-state index in [0.717, 1.165) is 49.4 Å². The van der Waals surface area contributed by atoms with Gasteiger partial charge in [-0.25, -0.2) is 4.39 Å². The smallest absolute Gasteiger partial charge is 0.137 e. The van der Waals surface area contributed by atoms with Gasteiger partial charge >= 0.3 is 0 Å². The summed E-state index contributed by atoms with van der Waals surface area (Å²) in [5.74, 6) is 1.12. The fourth-order valence-electron chi connectivity index (χ4n) is 3.61. The first-order valence-corrected chi connectivity index (χ1v) is 8.62. The molecule has 24 heavy (non-hydrogen) atoms. The molecule has 2 heterocycles. The monoisotopic (exact) mass is 332 g/mol. The van der Waals surface area contributed by atoms with Crippen LogP contribution in [0.5, 0.6) is 0 Å². The van der Waals surface area contributed by atoms with Crippen molar-refractivity contribution < 1.29 is 9.50 Å². The number of aromatic nitrogens is 3. The Morgan fingerprint density at radius 3 is 3.00 bits per heavy atom. The lowest BCUT2D eigenvalue weighted by molar-refractivity contribution is 0.0936. The van der Waals surface area contributed by atoms with Crippen molar-refractivity contribution in [2.75, 3.05) is 19.6 Å². The molecule has 3 rings (SSSR count). The SMILES string of the molecule is CCn1cnnc1C1CCCN(CC(O)c2ccc(F)cc2C)C1. The number of halogens is 1. The summed E-state index contributed by atoms with van der Waals surface area (Å²) in [7, 11) is 0. The lowest BCUT2D eigenvalue weighted by Gasteiger charge is -2.33. The average molecular weight is 332 g/mol. The van der Waals surface area contributed by atoms with Gasteiger partial charge in [-0.2, -0.15) is 0 Å². The quantitative estimate of drug-likeness (QED) is 0.914. The number of aliphatic hydroxyl groups is 1. The molecule has 0 saturated carbocycles. The van der Waals surface area contributed by atoms with Gasteiger partial charge < -0.3 is 9.67 Å². The molecule has 5 nitrogen and oxygen atoms in total. The standard InChI is InChI=1S/C18H25FN4O/c1-3-23-12-20-21-18(23)14-5-4-8-22(10-14)11-17(24)16-7-6-15(19)9-13(16)2/h6-7,9,12,14,17,24H,3-5,8,10-11H2,1-2H3. The van der Waals surface area contributed by atoms with Gasteiger partial charge in [0.25, 0.3) is 0 Å². The van der Waals surface area contributed by atoms with E-state index in [1.54, 1.807) is 12.4 Å². The highest BCUT2D eigenvalue weighted by Crippen LogP contribution is 2.27. The minimum absolute atomic E-state index is 0.264. The van der Waals surface area contributed by atoms with Gasteiger partial charge in [0, 0.05) is 25.6 Å². The number of hydrogen-bond acceptors (Lipinski definition) is 4. The van der Waals surface area contributed by atoms with Gasteiger partial charge in [-0.3, -0.25) is 4.90 Å². The van der Waals surface area contributed by atoms with Gasteiger partial charge in [-0.05, 0) is 56.5 Å². The van der Waals surface area contributed by atoms with Crippen LogP contribution in [0.1, 0.15) is 48.7 Å². The number of hydrogen-bond donors (Lipinski definition) is 1. The maximum absolute atomic E-state index is 13.2. The highest BCUT2D eigenvalue weighted by atomic mass is 19.1. The van der Waals surface area contributed by atoms with Crippen LogP contribution in [0.15, 0.2) is 24.5 Å². The molecule has 1 aromatic heterocycles. The topological polar surface area (TPSA) is 54.2 Å². The van der Waals surface area contributed by atoms with E-state index in [0.29, 0.717) is 12.5 Å². The first-order valence-electron chi connectivity index (χ1n) is 8.62. The summed E-state index contributed by atoms with van der Waals surface area (Å²) in [6.45, 7) is 7.20. The Morgan fingerprint density at radius 2 is 2.25 bits per heavy atom. The molecule has 0 spiro atoms. The van der Waals surface area contributed by atoms with E-state index in [1.807, 2.05) is 6.92 Å². The van der Waals surface area contributed by atoms with Crippen molar-refractivity contribution in [1.82, 2.24) is 19.7 Å². The van der Waals surface area contributed by atoms with Gasteiger partial charge in [0.2, 0.25) is 0 Å². The number of aliphatic hydroxyl groups excluding tert-OH is 1. The molecule has 1 fully saturated rings. The Kier molecular flexibility index (Phi) is 5.26. The third kappa shape index (κ3) is 3.65. The van der Waals surface area contributed by atoms with Gasteiger partial charge in [-0.1, -0.05) is 6.07 Å². The average Bonchev–Trinajstić information content (AvgIpc) is 3.03. The maximum Gasteiger partial charge on any atom is 0.137 e. The van der Waals surface area contributed by atoms with E-state index in [4.69, 9.17) is 0 Å². The second-order valence-electron chi connectivity index (χ2n) is 6.59. The highest BCUT2D eigenvalue weighted by Gasteiger charge is 2.26. The van der Waals surface area contributed by atoms with Crippen molar-refractivity contribution in [1.29, 1.82) is 0 Å². The Hall–Kier alpha value is -1.79. The summed E-state index contributed by atoms with van der Waals surface area (Å²) in [6, 6.07) is 4.57. The maximum atomic E-state index is 13.2. The lowest BCUT2D eigenvalue weighted by Crippen LogP contribution is -2.38. The van der Waals surface area contributed by atoms with E-state index in [1.165, 1.54) is 12.1 Å². The zero-order valence-electron chi connectivity index (χ0n) is 14.3. The zero-order valence-corrected chi connectivity index (χ0v) is 14.3. The van der Waals surface area contributed by atoms with Crippen molar-refractivity contribution in [3.05, 3.63) is 47.3 Å². The number of benzene rings is 1. The largest absolute Gasteiger partial charge is 0.387 e. The summed E-state index contributed by atoms with van der Waals surface area (Å²) >= 11 is 0. The Bertz CT molecular complexity index is 687. The number of piperidine rings is 1. The first-order chi connectivity index (χ1) is 11.6. The Balaban J connectivity index is 1.67. The van der Waals surface area contributed by atoms with Crippen LogP contribution in [0, 0.1) is 12.7 Å². The highest BCUT2D eigenvalue weighted by molar-refractivity contribution is 5.28. The number of β-amino-alcohol motifs (C(OH)–C–C–N with tert-alkyl or cyclic N) is 1. The molecule has 0 bridgehead atoms. The number of aryl methyl sites for hydroxylation is 2. The molecule has 1 aliphatic heterocycles. The molecular formula is C18H25FN4O. The van der Waals surface area contributed by atoms with E-state index in [2.05, 4.69) is 26.6 Å². The summed E-state index contributed by atoms with van der Waals surface area (Å²) < 4.78 is 15.3. The number of rotatable bonds is 5. The first kappa shape index (κ1) is 17.0. The molecule has 0 amide bonds. The predicted octanol–water partition coefficient (Wildman–Crippen LogP) is 2.66. The van der Waals surface area contributed by atoms with Crippen molar-refractivity contribution in [2.45, 2.75) is 45.3 Å². The van der Waals surface area contributed by atoms with E-state index < -0.39 is 6.10 Å². The lowest BCUT2D eigenvalue weighted by atomic mass is 9.95. The van der Waals surface area contributed by atoms with Crippen LogP contribution in [-0.2, 0) is 6.54 Å². The summed E-state index contributed by atoms with van der Waals surface area (Å²) in [5, 5.41) is 18.9. The van der Waals surface area contributed by atoms with Crippen LogP contribution in [0.4, 0.5) is 4.39 Å². The summed E-state index contributed by atoms with van der Waals surface area (Å²) in [5.41, 5.74) is 1.59. The fourth-order valence-corrected chi connectivity index (χ4v) is 3.61. The third-order valence-electron chi connectivity index (χ3n) is 4.88. The minimum atomic E-state index is -0.603. The third-order valence-corrected chi connectivity index (χ3v) is 4.88. The van der Waals surface area contributed by atoms with Gasteiger partial charge in [0.05, 0.1) is 6.10 Å². The normalized spacial score (nSPS) is 20.2. The van der Waals surface area contributed by atoms with Gasteiger partial charge in [0.15, 0.2) is 0 Å². The van der Waals surface area contributed by atoms with Crippen LogP contribution >= 0.6 is 0 Å². The molecule has 6 heteroatoms. The molecule has 1 aliphatic rings. The second-order valence-corrected chi connectivity index (χ2v) is 6.59. The number of nitrogens with zero attached hydrogens (tertiary/aromatic N) is 4. The molecule has 0 aliphatic carbocycles. The summed E-state index contributed by atoms with van der Waals surface area (Å²) in [6.07, 6.45) is 3.36. The Labute approximate surface area is 142 Å². The molecule has 1 N–H and O–H groups in total. The molecular weight excluding hydrogens is 307 g/mol. The zero-order chi connectivity index (χ0) is 17.1. The number of likely N-dealkylation sites (tertiary alicyclic amines) is 1. The Morgan fingerprint density at radius 1 is 1.42 bits per heavy atom. The molecule has 130 valence electrons. The molecule has 2 atom stereocenters. The predicted molar refractivity (Wildman–Crippen MR) is 90.2 cm³/mol. The van der Waals surface area contributed by atoms with Crippen LogP contribution in [0.25, 0.3) is 0 Å². The van der Waals surface area contributed by atoms with Crippen molar-refractivity contribution >= 4 is 0 Å². The molecule has 1 aromatic carbocycles. The fraction of sp³-hybridized carbons (Fsp3) is 0.556. The molecule has 1 saturated heterocycles. The minimum Gasteiger partial charge on any atom is -0.387 e. The molecule has 0 radical (unpaired) electrons. The molecule has 2 aromatic rings. The van der Waals surface area contributed by atoms with Gasteiger partial charge in [-0.15, -0.1) is 10.2 Å². The van der Waals surface area contributed by atoms with Crippen molar-refractivity contribution in [3.63, 3.8) is 0 Å². The summed E-state index contributed by atoms with van der Waals surface area (Å²) in [4.78, 5) is 2.27. The van der Waals surface area contributed by atoms with Gasteiger partial charge in [0.1, 0.15) is 18.0 Å². The van der Waals surface area contributed by atoms with Crippen LogP contribution in [0.3, 0.4) is 0 Å². The van der Waals surface area contributed by atoms with Crippen LogP contribution in [0.2, 0.25) is 0 Å². The second kappa shape index (κ2) is 7.40. The van der Waals surface area contributed by atoms with E-state index >= 15 is 0 Å².